The number of piperidine rings is 1. The zero-order valence-electron chi connectivity index (χ0n) is 11.3. The van der Waals surface area contributed by atoms with Gasteiger partial charge in [-0.05, 0) is 37.6 Å². The predicted molar refractivity (Wildman–Crippen MR) is 74.2 cm³/mol. The van der Waals surface area contributed by atoms with Gasteiger partial charge < -0.3 is 20.5 Å². The minimum Gasteiger partial charge on any atom is -0.495 e. The summed E-state index contributed by atoms with van der Waals surface area (Å²) in [4.78, 5) is 23.1. The van der Waals surface area contributed by atoms with Gasteiger partial charge in [0.1, 0.15) is 5.75 Å². The third kappa shape index (κ3) is 3.27. The van der Waals surface area contributed by atoms with Crippen molar-refractivity contribution < 1.29 is 19.4 Å². The second-order valence-electron chi connectivity index (χ2n) is 4.71. The Bertz CT molecular complexity index is 510. The molecule has 1 aliphatic rings. The van der Waals surface area contributed by atoms with E-state index in [2.05, 4.69) is 10.6 Å². The van der Waals surface area contributed by atoms with Gasteiger partial charge in [-0.1, -0.05) is 6.42 Å². The molecule has 0 spiro atoms. The standard InChI is InChI=1S/C14H18N2O4/c1-20-12-6-5-9(14(18)19)8-11(12)16-13(17)10-4-2-3-7-15-10/h5-6,8,10,15H,2-4,7H2,1H3,(H,16,17)(H,18,19)/t10-/m1/s1. The first-order valence-electron chi connectivity index (χ1n) is 6.57. The molecule has 1 aliphatic heterocycles. The van der Waals surface area contributed by atoms with Gasteiger partial charge in [-0.2, -0.15) is 0 Å². The molecule has 0 aliphatic carbocycles. The van der Waals surface area contributed by atoms with Gasteiger partial charge in [0.05, 0.1) is 24.4 Å². The smallest absolute Gasteiger partial charge is 0.335 e. The van der Waals surface area contributed by atoms with Crippen molar-refractivity contribution in [2.45, 2.75) is 25.3 Å². The van der Waals surface area contributed by atoms with Crippen LogP contribution in [0.1, 0.15) is 29.6 Å². The second kappa shape index (κ2) is 6.38. The number of hydrogen-bond acceptors (Lipinski definition) is 4. The van der Waals surface area contributed by atoms with E-state index in [0.717, 1.165) is 25.8 Å². The van der Waals surface area contributed by atoms with Gasteiger partial charge in [0, 0.05) is 0 Å². The van der Waals surface area contributed by atoms with Gasteiger partial charge in [-0.25, -0.2) is 4.79 Å². The number of carbonyl (C=O) groups is 2. The molecule has 3 N–H and O–H groups in total. The van der Waals surface area contributed by atoms with Crippen LogP contribution in [0.15, 0.2) is 18.2 Å². The minimum absolute atomic E-state index is 0.109. The first kappa shape index (κ1) is 14.3. The number of hydrogen-bond donors (Lipinski definition) is 3. The number of methoxy groups -OCH3 is 1. The number of carboxylic acids is 1. The Morgan fingerprint density at radius 1 is 1.40 bits per heavy atom. The van der Waals surface area contributed by atoms with E-state index in [-0.39, 0.29) is 17.5 Å². The van der Waals surface area contributed by atoms with Crippen LogP contribution in [0, 0.1) is 0 Å². The SMILES string of the molecule is COc1ccc(C(=O)O)cc1NC(=O)[C@H]1CCCCN1. The Morgan fingerprint density at radius 2 is 2.20 bits per heavy atom. The number of nitrogens with one attached hydrogen (secondary N) is 2. The Hall–Kier alpha value is -2.08. The topological polar surface area (TPSA) is 87.7 Å². The summed E-state index contributed by atoms with van der Waals surface area (Å²) >= 11 is 0. The summed E-state index contributed by atoms with van der Waals surface area (Å²) in [6, 6.07) is 4.15. The van der Waals surface area contributed by atoms with Crippen LogP contribution in [0.5, 0.6) is 5.75 Å². The molecule has 0 saturated carbocycles. The number of carboxylic acid groups (broad SMARTS) is 1. The average Bonchev–Trinajstić information content (AvgIpc) is 2.48. The molecule has 1 amide bonds. The van der Waals surface area contributed by atoms with Crippen LogP contribution >= 0.6 is 0 Å². The lowest BCUT2D eigenvalue weighted by Gasteiger charge is -2.23. The predicted octanol–water partition coefficient (Wildman–Crippen LogP) is 1.47. The average molecular weight is 278 g/mol. The van der Waals surface area contributed by atoms with Crippen molar-refractivity contribution in [2.75, 3.05) is 19.0 Å². The molecule has 2 rings (SSSR count). The lowest BCUT2D eigenvalue weighted by Crippen LogP contribution is -2.43. The second-order valence-corrected chi connectivity index (χ2v) is 4.71. The van der Waals surface area contributed by atoms with E-state index in [1.165, 1.54) is 25.3 Å². The zero-order valence-corrected chi connectivity index (χ0v) is 11.3. The molecule has 6 heteroatoms. The Kier molecular flexibility index (Phi) is 4.57. The van der Waals surface area contributed by atoms with Gasteiger partial charge in [-0.15, -0.1) is 0 Å². The maximum Gasteiger partial charge on any atom is 0.335 e. The van der Waals surface area contributed by atoms with E-state index in [0.29, 0.717) is 11.4 Å². The van der Waals surface area contributed by atoms with E-state index in [9.17, 15) is 9.59 Å². The van der Waals surface area contributed by atoms with Gasteiger partial charge in [0.25, 0.3) is 0 Å². The van der Waals surface area contributed by atoms with Crippen LogP contribution in [0.2, 0.25) is 0 Å². The van der Waals surface area contributed by atoms with Crippen molar-refractivity contribution in [1.82, 2.24) is 5.32 Å². The summed E-state index contributed by atoms with van der Waals surface area (Å²) in [7, 11) is 1.48. The highest BCUT2D eigenvalue weighted by Crippen LogP contribution is 2.26. The number of anilines is 1. The van der Waals surface area contributed by atoms with Crippen molar-refractivity contribution >= 4 is 17.6 Å². The van der Waals surface area contributed by atoms with Crippen LogP contribution in [0.25, 0.3) is 0 Å². The van der Waals surface area contributed by atoms with Crippen LogP contribution in [0.3, 0.4) is 0 Å². The van der Waals surface area contributed by atoms with Crippen LogP contribution < -0.4 is 15.4 Å². The van der Waals surface area contributed by atoms with E-state index in [1.54, 1.807) is 0 Å². The Morgan fingerprint density at radius 3 is 2.80 bits per heavy atom. The number of rotatable bonds is 4. The maximum atomic E-state index is 12.1. The molecule has 1 fully saturated rings. The highest BCUT2D eigenvalue weighted by Gasteiger charge is 2.21. The molecule has 0 radical (unpaired) electrons. The number of amides is 1. The summed E-state index contributed by atoms with van der Waals surface area (Å²) in [5, 5.41) is 14.9. The molecule has 1 atom stereocenters. The van der Waals surface area contributed by atoms with Crippen LogP contribution in [-0.2, 0) is 4.79 Å². The molecule has 1 heterocycles. The van der Waals surface area contributed by atoms with Crippen molar-refractivity contribution in [3.63, 3.8) is 0 Å². The minimum atomic E-state index is -1.04. The van der Waals surface area contributed by atoms with Crippen molar-refractivity contribution in [3.05, 3.63) is 23.8 Å². The monoisotopic (exact) mass is 278 g/mol. The summed E-state index contributed by atoms with van der Waals surface area (Å²) in [6.07, 6.45) is 2.87. The van der Waals surface area contributed by atoms with Crippen LogP contribution in [-0.4, -0.2) is 36.7 Å². The molecular formula is C14H18N2O4. The highest BCUT2D eigenvalue weighted by atomic mass is 16.5. The van der Waals surface area contributed by atoms with Crippen molar-refractivity contribution in [2.24, 2.45) is 0 Å². The van der Waals surface area contributed by atoms with E-state index in [1.807, 2.05) is 0 Å². The number of benzene rings is 1. The molecule has 1 aromatic rings. The fraction of sp³-hybridized carbons (Fsp3) is 0.429. The molecule has 0 aromatic heterocycles. The van der Waals surface area contributed by atoms with Gasteiger partial charge >= 0.3 is 5.97 Å². The van der Waals surface area contributed by atoms with Gasteiger partial charge in [-0.3, -0.25) is 4.79 Å². The normalized spacial score (nSPS) is 18.4. The number of aromatic carboxylic acids is 1. The fourth-order valence-corrected chi connectivity index (χ4v) is 2.23. The summed E-state index contributed by atoms with van der Waals surface area (Å²) < 4.78 is 5.14. The summed E-state index contributed by atoms with van der Waals surface area (Å²) in [5.41, 5.74) is 0.488. The zero-order chi connectivity index (χ0) is 14.5. The third-order valence-electron chi connectivity index (χ3n) is 3.33. The molecular weight excluding hydrogens is 260 g/mol. The third-order valence-corrected chi connectivity index (χ3v) is 3.33. The molecule has 1 saturated heterocycles. The molecule has 0 unspecified atom stereocenters. The van der Waals surface area contributed by atoms with Crippen molar-refractivity contribution in [3.8, 4) is 5.75 Å². The maximum absolute atomic E-state index is 12.1. The molecule has 6 nitrogen and oxygen atoms in total. The summed E-state index contributed by atoms with van der Waals surface area (Å²) in [6.45, 7) is 0.824. The van der Waals surface area contributed by atoms with Crippen molar-refractivity contribution in [1.29, 1.82) is 0 Å². The van der Waals surface area contributed by atoms with E-state index >= 15 is 0 Å². The molecule has 20 heavy (non-hydrogen) atoms. The summed E-state index contributed by atoms with van der Waals surface area (Å²) in [5.74, 6) is -0.761. The first-order chi connectivity index (χ1) is 9.61. The highest BCUT2D eigenvalue weighted by molar-refractivity contribution is 5.98. The molecule has 1 aromatic carbocycles. The first-order valence-corrected chi connectivity index (χ1v) is 6.57. The lowest BCUT2D eigenvalue weighted by atomic mass is 10.0. The van der Waals surface area contributed by atoms with E-state index < -0.39 is 5.97 Å². The largest absolute Gasteiger partial charge is 0.495 e. The quantitative estimate of drug-likeness (QED) is 0.776. The number of carbonyl (C=O) groups excluding carboxylic acids is 1. The lowest BCUT2D eigenvalue weighted by molar-refractivity contribution is -0.118. The van der Waals surface area contributed by atoms with Gasteiger partial charge in [0.2, 0.25) is 5.91 Å². The molecule has 108 valence electrons. The molecule has 0 bridgehead atoms. The van der Waals surface area contributed by atoms with Crippen LogP contribution in [0.4, 0.5) is 5.69 Å². The Labute approximate surface area is 117 Å². The van der Waals surface area contributed by atoms with Gasteiger partial charge in [0.15, 0.2) is 0 Å². The number of ether oxygens (including phenoxy) is 1. The Balaban J connectivity index is 2.15. The fourth-order valence-electron chi connectivity index (χ4n) is 2.23. The van der Waals surface area contributed by atoms with E-state index in [4.69, 9.17) is 9.84 Å².